The van der Waals surface area contributed by atoms with Crippen molar-refractivity contribution in [1.82, 2.24) is 9.88 Å². The minimum absolute atomic E-state index is 0.0558. The van der Waals surface area contributed by atoms with Crippen LogP contribution in [0, 0.1) is 5.92 Å². The summed E-state index contributed by atoms with van der Waals surface area (Å²) in [7, 11) is 0. The lowest BCUT2D eigenvalue weighted by molar-refractivity contribution is 0.0686. The first kappa shape index (κ1) is 14.1. The Morgan fingerprint density at radius 2 is 2.21 bits per heavy atom. The summed E-state index contributed by atoms with van der Waals surface area (Å²) in [5.74, 6) is 0.697. The van der Waals surface area contributed by atoms with Gasteiger partial charge < -0.3 is 10.6 Å². The van der Waals surface area contributed by atoms with E-state index in [0.29, 0.717) is 11.3 Å². The molecule has 0 bridgehead atoms. The van der Waals surface area contributed by atoms with Crippen molar-refractivity contribution in [1.29, 1.82) is 0 Å². The molecule has 0 radical (unpaired) electrons. The van der Waals surface area contributed by atoms with Crippen LogP contribution in [0.5, 0.6) is 0 Å². The zero-order chi connectivity index (χ0) is 13.8. The number of pyridine rings is 1. The minimum atomic E-state index is -0.0558. The van der Waals surface area contributed by atoms with E-state index >= 15 is 0 Å². The van der Waals surface area contributed by atoms with E-state index in [-0.39, 0.29) is 11.1 Å². The smallest absolute Gasteiger partial charge is 0.257 e. The Morgan fingerprint density at radius 3 is 2.84 bits per heavy atom. The standard InChI is InChI=1S/C14H20ClN3O/c1-2-3-10-4-6-18(7-5-10)14(19)12-8-11(16)9-17-13(12)15/h8-10H,2-7,16H2,1H3. The number of hydrogen-bond donors (Lipinski definition) is 1. The normalized spacial score (nSPS) is 16.6. The Morgan fingerprint density at radius 1 is 1.53 bits per heavy atom. The SMILES string of the molecule is CCCC1CCN(C(=O)c2cc(N)cnc2Cl)CC1. The Labute approximate surface area is 118 Å². The Hall–Kier alpha value is -1.29. The molecule has 0 aromatic carbocycles. The second kappa shape index (κ2) is 6.24. The van der Waals surface area contributed by atoms with Gasteiger partial charge in [0, 0.05) is 13.1 Å². The second-order valence-corrected chi connectivity index (χ2v) is 5.49. The molecule has 19 heavy (non-hydrogen) atoms. The molecule has 0 spiro atoms. The number of rotatable bonds is 3. The maximum atomic E-state index is 12.4. The summed E-state index contributed by atoms with van der Waals surface area (Å²) in [6.07, 6.45) is 6.08. The van der Waals surface area contributed by atoms with Crippen LogP contribution in [0.25, 0.3) is 0 Å². The van der Waals surface area contributed by atoms with Crippen molar-refractivity contribution in [2.75, 3.05) is 18.8 Å². The van der Waals surface area contributed by atoms with Gasteiger partial charge in [0.1, 0.15) is 5.15 Å². The van der Waals surface area contributed by atoms with Crippen LogP contribution >= 0.6 is 11.6 Å². The molecule has 1 aromatic rings. The number of carbonyl (C=O) groups excluding carboxylic acids is 1. The summed E-state index contributed by atoms with van der Waals surface area (Å²) >= 11 is 5.97. The topological polar surface area (TPSA) is 59.2 Å². The van der Waals surface area contributed by atoms with Crippen molar-refractivity contribution in [2.45, 2.75) is 32.6 Å². The number of anilines is 1. The van der Waals surface area contributed by atoms with Crippen molar-refractivity contribution >= 4 is 23.2 Å². The number of hydrogen-bond acceptors (Lipinski definition) is 3. The number of carbonyl (C=O) groups is 1. The van der Waals surface area contributed by atoms with Gasteiger partial charge >= 0.3 is 0 Å². The lowest BCUT2D eigenvalue weighted by Crippen LogP contribution is -2.38. The molecule has 0 saturated carbocycles. The molecule has 0 atom stereocenters. The number of nitrogens with two attached hydrogens (primary N) is 1. The van der Waals surface area contributed by atoms with E-state index in [2.05, 4.69) is 11.9 Å². The molecule has 1 aromatic heterocycles. The van der Waals surface area contributed by atoms with Gasteiger partial charge in [0.2, 0.25) is 0 Å². The van der Waals surface area contributed by atoms with Crippen LogP contribution in [0.3, 0.4) is 0 Å². The van der Waals surface area contributed by atoms with E-state index in [1.807, 2.05) is 4.90 Å². The van der Waals surface area contributed by atoms with E-state index in [1.165, 1.54) is 19.0 Å². The fourth-order valence-corrected chi connectivity index (χ4v) is 2.80. The van der Waals surface area contributed by atoms with Gasteiger partial charge in [-0.2, -0.15) is 0 Å². The van der Waals surface area contributed by atoms with Crippen LogP contribution in [0.1, 0.15) is 43.0 Å². The monoisotopic (exact) mass is 281 g/mol. The highest BCUT2D eigenvalue weighted by molar-refractivity contribution is 6.32. The number of nitrogen functional groups attached to an aromatic ring is 1. The molecule has 1 fully saturated rings. The molecule has 1 amide bonds. The van der Waals surface area contributed by atoms with E-state index in [4.69, 9.17) is 17.3 Å². The highest BCUT2D eigenvalue weighted by Gasteiger charge is 2.24. The predicted octanol–water partition coefficient (Wildman–Crippen LogP) is 2.97. The summed E-state index contributed by atoms with van der Waals surface area (Å²) in [4.78, 5) is 18.2. The van der Waals surface area contributed by atoms with Crippen LogP contribution in [-0.4, -0.2) is 28.9 Å². The van der Waals surface area contributed by atoms with Crippen LogP contribution in [0.2, 0.25) is 5.15 Å². The Balaban J connectivity index is 2.03. The summed E-state index contributed by atoms with van der Waals surface area (Å²) < 4.78 is 0. The summed E-state index contributed by atoms with van der Waals surface area (Å²) in [5, 5.41) is 0.231. The molecule has 1 saturated heterocycles. The van der Waals surface area contributed by atoms with Crippen molar-refractivity contribution in [3.8, 4) is 0 Å². The third kappa shape index (κ3) is 3.38. The highest BCUT2D eigenvalue weighted by Crippen LogP contribution is 2.24. The van der Waals surface area contributed by atoms with Gasteiger partial charge in [-0.05, 0) is 24.8 Å². The molecule has 2 N–H and O–H groups in total. The molecule has 0 aliphatic carbocycles. The summed E-state index contributed by atoms with van der Waals surface area (Å²) in [6, 6.07) is 1.61. The minimum Gasteiger partial charge on any atom is -0.397 e. The van der Waals surface area contributed by atoms with Crippen LogP contribution in [-0.2, 0) is 0 Å². The van der Waals surface area contributed by atoms with Gasteiger partial charge in [-0.25, -0.2) is 4.98 Å². The van der Waals surface area contributed by atoms with E-state index < -0.39 is 0 Å². The first-order valence-corrected chi connectivity index (χ1v) is 7.20. The zero-order valence-corrected chi connectivity index (χ0v) is 12.0. The molecule has 1 aliphatic heterocycles. The molecule has 1 aliphatic rings. The molecule has 4 nitrogen and oxygen atoms in total. The van der Waals surface area contributed by atoms with Crippen LogP contribution in [0.4, 0.5) is 5.69 Å². The molecule has 2 heterocycles. The van der Waals surface area contributed by atoms with Crippen molar-refractivity contribution in [3.63, 3.8) is 0 Å². The van der Waals surface area contributed by atoms with Gasteiger partial charge in [-0.1, -0.05) is 31.4 Å². The number of likely N-dealkylation sites (tertiary alicyclic amines) is 1. The van der Waals surface area contributed by atoms with Gasteiger partial charge in [0.05, 0.1) is 17.4 Å². The molecular formula is C14H20ClN3O. The number of amides is 1. The van der Waals surface area contributed by atoms with Gasteiger partial charge in [0.25, 0.3) is 5.91 Å². The lowest BCUT2D eigenvalue weighted by atomic mass is 9.92. The Bertz CT molecular complexity index is 456. The third-order valence-corrected chi connectivity index (χ3v) is 3.99. The predicted molar refractivity (Wildman–Crippen MR) is 77.2 cm³/mol. The molecular weight excluding hydrogens is 262 g/mol. The second-order valence-electron chi connectivity index (χ2n) is 5.13. The maximum absolute atomic E-state index is 12.4. The lowest BCUT2D eigenvalue weighted by Gasteiger charge is -2.32. The molecule has 2 rings (SSSR count). The molecule has 0 unspecified atom stereocenters. The average Bonchev–Trinajstić information content (AvgIpc) is 2.42. The first-order valence-electron chi connectivity index (χ1n) is 6.82. The fourth-order valence-electron chi connectivity index (χ4n) is 2.62. The first-order chi connectivity index (χ1) is 9.11. The summed E-state index contributed by atoms with van der Waals surface area (Å²) in [5.41, 5.74) is 6.54. The summed E-state index contributed by atoms with van der Waals surface area (Å²) in [6.45, 7) is 3.80. The number of halogens is 1. The number of aromatic nitrogens is 1. The number of nitrogens with zero attached hydrogens (tertiary/aromatic N) is 2. The van der Waals surface area contributed by atoms with E-state index in [1.54, 1.807) is 6.07 Å². The van der Waals surface area contributed by atoms with E-state index in [0.717, 1.165) is 31.8 Å². The van der Waals surface area contributed by atoms with Crippen LogP contribution in [0.15, 0.2) is 12.3 Å². The Kier molecular flexibility index (Phi) is 4.64. The van der Waals surface area contributed by atoms with Crippen molar-refractivity contribution < 1.29 is 4.79 Å². The third-order valence-electron chi connectivity index (χ3n) is 3.69. The van der Waals surface area contributed by atoms with Gasteiger partial charge in [0.15, 0.2) is 0 Å². The number of piperidine rings is 1. The van der Waals surface area contributed by atoms with E-state index in [9.17, 15) is 4.79 Å². The highest BCUT2D eigenvalue weighted by atomic mass is 35.5. The quantitative estimate of drug-likeness (QED) is 0.867. The molecule has 5 heteroatoms. The van der Waals surface area contributed by atoms with Crippen molar-refractivity contribution in [3.05, 3.63) is 23.0 Å². The largest absolute Gasteiger partial charge is 0.397 e. The van der Waals surface area contributed by atoms with Crippen molar-refractivity contribution in [2.24, 2.45) is 5.92 Å². The molecule has 104 valence electrons. The maximum Gasteiger partial charge on any atom is 0.257 e. The average molecular weight is 282 g/mol. The van der Waals surface area contributed by atoms with Gasteiger partial charge in [-0.3, -0.25) is 4.79 Å². The van der Waals surface area contributed by atoms with Gasteiger partial charge in [-0.15, -0.1) is 0 Å². The fraction of sp³-hybridized carbons (Fsp3) is 0.571. The van der Waals surface area contributed by atoms with Crippen LogP contribution < -0.4 is 5.73 Å². The zero-order valence-electron chi connectivity index (χ0n) is 11.2.